The van der Waals surface area contributed by atoms with Gasteiger partial charge in [-0.05, 0) is 37.5 Å². The Morgan fingerprint density at radius 3 is 3.05 bits per heavy atom. The van der Waals surface area contributed by atoms with Crippen LogP contribution in [0, 0.1) is 0 Å². The van der Waals surface area contributed by atoms with E-state index in [9.17, 15) is 4.79 Å². The summed E-state index contributed by atoms with van der Waals surface area (Å²) >= 11 is 0. The number of nitrogens with two attached hydrogens (primary N) is 1. The molecule has 0 spiro atoms. The first kappa shape index (κ1) is 13.7. The molecule has 1 aromatic rings. The first-order chi connectivity index (χ1) is 9.20. The Hall–Kier alpha value is -1.75. The van der Waals surface area contributed by atoms with Crippen molar-refractivity contribution < 1.29 is 14.3 Å². The van der Waals surface area contributed by atoms with Crippen molar-refractivity contribution in [2.75, 3.05) is 31.3 Å². The number of ether oxygens (including phenoxy) is 2. The van der Waals surface area contributed by atoms with E-state index in [2.05, 4.69) is 10.1 Å². The maximum Gasteiger partial charge on any atom is 0.337 e. The van der Waals surface area contributed by atoms with Crippen molar-refractivity contribution in [2.24, 2.45) is 0 Å². The molecular weight excluding hydrogens is 244 g/mol. The van der Waals surface area contributed by atoms with Crippen molar-refractivity contribution >= 4 is 17.3 Å². The van der Waals surface area contributed by atoms with Gasteiger partial charge in [0.25, 0.3) is 0 Å². The number of esters is 1. The van der Waals surface area contributed by atoms with Crippen LogP contribution in [0.5, 0.6) is 0 Å². The van der Waals surface area contributed by atoms with Gasteiger partial charge in [-0.25, -0.2) is 4.79 Å². The molecule has 104 valence electrons. The lowest BCUT2D eigenvalue weighted by Crippen LogP contribution is -2.13. The third-order valence-corrected chi connectivity index (χ3v) is 3.28. The number of carbonyl (C=O) groups excluding carboxylic acids is 1. The molecule has 1 unspecified atom stereocenters. The van der Waals surface area contributed by atoms with Gasteiger partial charge >= 0.3 is 5.97 Å². The molecule has 0 aromatic heterocycles. The van der Waals surface area contributed by atoms with E-state index in [4.69, 9.17) is 10.5 Å². The maximum atomic E-state index is 11.4. The van der Waals surface area contributed by atoms with Crippen LogP contribution in [0.4, 0.5) is 11.4 Å². The summed E-state index contributed by atoms with van der Waals surface area (Å²) in [5.41, 5.74) is 7.76. The minimum absolute atomic E-state index is 0.364. The predicted molar refractivity (Wildman–Crippen MR) is 74.3 cm³/mol. The van der Waals surface area contributed by atoms with Gasteiger partial charge in [0.05, 0.1) is 30.2 Å². The minimum Gasteiger partial charge on any atom is -0.465 e. The Labute approximate surface area is 113 Å². The number of rotatable bonds is 5. The normalized spacial score (nSPS) is 18.3. The highest BCUT2D eigenvalue weighted by atomic mass is 16.5. The van der Waals surface area contributed by atoms with E-state index in [0.29, 0.717) is 17.4 Å². The third kappa shape index (κ3) is 3.61. The van der Waals surface area contributed by atoms with Gasteiger partial charge < -0.3 is 20.5 Å². The Morgan fingerprint density at radius 1 is 1.58 bits per heavy atom. The average molecular weight is 264 g/mol. The summed E-state index contributed by atoms with van der Waals surface area (Å²) in [6.45, 7) is 1.69. The fraction of sp³-hybridized carbons (Fsp3) is 0.500. The molecule has 5 heteroatoms. The lowest BCUT2D eigenvalue weighted by molar-refractivity contribution is 0.0601. The quantitative estimate of drug-likeness (QED) is 0.629. The van der Waals surface area contributed by atoms with E-state index in [1.165, 1.54) is 7.11 Å². The Balaban J connectivity index is 1.87. The highest BCUT2D eigenvalue weighted by molar-refractivity contribution is 5.91. The molecule has 1 fully saturated rings. The second-order valence-corrected chi connectivity index (χ2v) is 4.64. The molecule has 19 heavy (non-hydrogen) atoms. The standard InChI is InChI=1S/C14H20N2O3/c1-18-14(17)10-4-5-13(12(15)9-10)16-7-6-11-3-2-8-19-11/h4-5,9,11,16H,2-3,6-8,15H2,1H3. The molecule has 1 heterocycles. The van der Waals surface area contributed by atoms with Crippen molar-refractivity contribution in [3.05, 3.63) is 23.8 Å². The topological polar surface area (TPSA) is 73.6 Å². The first-order valence-corrected chi connectivity index (χ1v) is 6.54. The van der Waals surface area contributed by atoms with Gasteiger partial charge in [0, 0.05) is 13.2 Å². The van der Waals surface area contributed by atoms with Crippen LogP contribution < -0.4 is 11.1 Å². The van der Waals surface area contributed by atoms with Crippen LogP contribution in [-0.2, 0) is 9.47 Å². The van der Waals surface area contributed by atoms with Crippen molar-refractivity contribution in [3.63, 3.8) is 0 Å². The number of carbonyl (C=O) groups is 1. The van der Waals surface area contributed by atoms with Crippen LogP contribution in [0.15, 0.2) is 18.2 Å². The zero-order chi connectivity index (χ0) is 13.7. The number of hydrogen-bond donors (Lipinski definition) is 2. The average Bonchev–Trinajstić information content (AvgIpc) is 2.93. The van der Waals surface area contributed by atoms with Gasteiger partial charge in [-0.3, -0.25) is 0 Å². The van der Waals surface area contributed by atoms with Crippen molar-refractivity contribution in [3.8, 4) is 0 Å². The van der Waals surface area contributed by atoms with Crippen molar-refractivity contribution in [2.45, 2.75) is 25.4 Å². The summed E-state index contributed by atoms with van der Waals surface area (Å²) in [4.78, 5) is 11.4. The molecule has 0 amide bonds. The zero-order valence-electron chi connectivity index (χ0n) is 11.1. The molecule has 2 rings (SSSR count). The number of methoxy groups -OCH3 is 1. The lowest BCUT2D eigenvalue weighted by Gasteiger charge is -2.13. The van der Waals surface area contributed by atoms with Gasteiger partial charge in [0.15, 0.2) is 0 Å². The summed E-state index contributed by atoms with van der Waals surface area (Å²) in [5.74, 6) is -0.377. The Kier molecular flexibility index (Phi) is 4.63. The summed E-state index contributed by atoms with van der Waals surface area (Å²) in [7, 11) is 1.35. The van der Waals surface area contributed by atoms with E-state index < -0.39 is 0 Å². The first-order valence-electron chi connectivity index (χ1n) is 6.54. The largest absolute Gasteiger partial charge is 0.465 e. The third-order valence-electron chi connectivity index (χ3n) is 3.28. The summed E-state index contributed by atoms with van der Waals surface area (Å²) < 4.78 is 10.2. The molecule has 0 aliphatic carbocycles. The zero-order valence-corrected chi connectivity index (χ0v) is 11.1. The number of anilines is 2. The second kappa shape index (κ2) is 6.43. The van der Waals surface area contributed by atoms with Gasteiger partial charge in [-0.1, -0.05) is 0 Å². The predicted octanol–water partition coefficient (Wildman–Crippen LogP) is 2.04. The number of benzene rings is 1. The monoisotopic (exact) mass is 264 g/mol. The van der Waals surface area contributed by atoms with Crippen LogP contribution in [0.2, 0.25) is 0 Å². The molecule has 5 nitrogen and oxygen atoms in total. The molecule has 1 aliphatic heterocycles. The van der Waals surface area contributed by atoms with E-state index in [-0.39, 0.29) is 5.97 Å². The van der Waals surface area contributed by atoms with Gasteiger partial charge in [-0.15, -0.1) is 0 Å². The number of nitrogen functional groups attached to an aromatic ring is 1. The van der Waals surface area contributed by atoms with E-state index >= 15 is 0 Å². The molecular formula is C14H20N2O3. The summed E-state index contributed by atoms with van der Waals surface area (Å²) in [6.07, 6.45) is 3.63. The van der Waals surface area contributed by atoms with Crippen LogP contribution in [0.3, 0.4) is 0 Å². The maximum absolute atomic E-state index is 11.4. The van der Waals surface area contributed by atoms with Gasteiger partial charge in [-0.2, -0.15) is 0 Å². The Morgan fingerprint density at radius 2 is 2.42 bits per heavy atom. The van der Waals surface area contributed by atoms with Crippen LogP contribution in [0.25, 0.3) is 0 Å². The highest BCUT2D eigenvalue weighted by Gasteiger charge is 2.15. The molecule has 1 aromatic carbocycles. The van der Waals surface area contributed by atoms with Gasteiger partial charge in [0.2, 0.25) is 0 Å². The molecule has 3 N–H and O–H groups in total. The van der Waals surface area contributed by atoms with Crippen LogP contribution in [0.1, 0.15) is 29.6 Å². The van der Waals surface area contributed by atoms with E-state index in [0.717, 1.165) is 38.1 Å². The second-order valence-electron chi connectivity index (χ2n) is 4.64. The summed E-state index contributed by atoms with van der Waals surface area (Å²) in [5, 5.41) is 3.27. The smallest absolute Gasteiger partial charge is 0.337 e. The molecule has 0 radical (unpaired) electrons. The van der Waals surface area contributed by atoms with Gasteiger partial charge in [0.1, 0.15) is 0 Å². The molecule has 1 atom stereocenters. The van der Waals surface area contributed by atoms with E-state index in [1.807, 2.05) is 0 Å². The van der Waals surface area contributed by atoms with Crippen LogP contribution >= 0.6 is 0 Å². The molecule has 0 bridgehead atoms. The summed E-state index contributed by atoms with van der Waals surface area (Å²) in [6, 6.07) is 5.13. The fourth-order valence-corrected chi connectivity index (χ4v) is 2.21. The molecule has 0 saturated carbocycles. The van der Waals surface area contributed by atoms with Crippen molar-refractivity contribution in [1.29, 1.82) is 0 Å². The number of nitrogens with one attached hydrogen (secondary N) is 1. The molecule has 1 aliphatic rings. The number of hydrogen-bond acceptors (Lipinski definition) is 5. The lowest BCUT2D eigenvalue weighted by atomic mass is 10.1. The molecule has 1 saturated heterocycles. The SMILES string of the molecule is COC(=O)c1ccc(NCCC2CCCO2)c(N)c1. The highest BCUT2D eigenvalue weighted by Crippen LogP contribution is 2.21. The van der Waals surface area contributed by atoms with Crippen molar-refractivity contribution in [1.82, 2.24) is 0 Å². The Bertz CT molecular complexity index is 442. The van der Waals surface area contributed by atoms with Crippen LogP contribution in [-0.4, -0.2) is 32.3 Å². The van der Waals surface area contributed by atoms with E-state index in [1.54, 1.807) is 18.2 Å². The minimum atomic E-state index is -0.377. The fourth-order valence-electron chi connectivity index (χ4n) is 2.21.